The zero-order valence-corrected chi connectivity index (χ0v) is 17.7. The van der Waals surface area contributed by atoms with E-state index in [0.29, 0.717) is 37.2 Å². The van der Waals surface area contributed by atoms with Gasteiger partial charge in [0.1, 0.15) is 10.6 Å². The summed E-state index contributed by atoms with van der Waals surface area (Å²) in [4.78, 5) is 16.6. The number of morpholine rings is 1. The molecule has 1 aromatic carbocycles. The summed E-state index contributed by atoms with van der Waals surface area (Å²) in [6, 6.07) is 9.17. The molecule has 9 heteroatoms. The van der Waals surface area contributed by atoms with Crippen molar-refractivity contribution in [3.05, 3.63) is 42.2 Å². The number of carbonyl (C=O) groups excluding carboxylic acids is 1. The highest BCUT2D eigenvalue weighted by molar-refractivity contribution is 8.00. The summed E-state index contributed by atoms with van der Waals surface area (Å²) >= 11 is 1.90. The van der Waals surface area contributed by atoms with E-state index in [-0.39, 0.29) is 16.5 Å². The minimum absolute atomic E-state index is 0.0906. The maximum atomic E-state index is 12.7. The van der Waals surface area contributed by atoms with Gasteiger partial charge in [-0.3, -0.25) is 4.79 Å². The molecule has 0 unspecified atom stereocenters. The molecule has 2 N–H and O–H groups in total. The molecule has 2 aliphatic rings. The maximum Gasteiger partial charge on any atom is 0.272 e. The third-order valence-electron chi connectivity index (χ3n) is 5.23. The van der Waals surface area contributed by atoms with Gasteiger partial charge in [-0.1, -0.05) is 12.8 Å². The number of anilines is 1. The van der Waals surface area contributed by atoms with Crippen molar-refractivity contribution in [1.29, 1.82) is 0 Å². The molecule has 4 rings (SSSR count). The summed E-state index contributed by atoms with van der Waals surface area (Å²) in [5.74, 6) is -0.371. The molecule has 1 saturated heterocycles. The molecule has 1 saturated carbocycles. The zero-order chi connectivity index (χ0) is 20.3. The van der Waals surface area contributed by atoms with E-state index in [4.69, 9.17) is 4.74 Å². The van der Waals surface area contributed by atoms with E-state index < -0.39 is 10.0 Å². The van der Waals surface area contributed by atoms with Crippen LogP contribution < -0.4 is 5.32 Å². The number of aromatic amines is 1. The Morgan fingerprint density at radius 1 is 1.14 bits per heavy atom. The van der Waals surface area contributed by atoms with Crippen LogP contribution in [0.3, 0.4) is 0 Å². The van der Waals surface area contributed by atoms with E-state index in [1.165, 1.54) is 47.1 Å². The Morgan fingerprint density at radius 3 is 2.52 bits per heavy atom. The van der Waals surface area contributed by atoms with Crippen molar-refractivity contribution in [3.8, 4) is 0 Å². The van der Waals surface area contributed by atoms with E-state index in [1.807, 2.05) is 36.0 Å². The van der Waals surface area contributed by atoms with Gasteiger partial charge in [-0.25, -0.2) is 8.42 Å². The summed E-state index contributed by atoms with van der Waals surface area (Å²) in [5.41, 5.74) is 0.888. The smallest absolute Gasteiger partial charge is 0.272 e. The number of nitrogens with zero attached hydrogens (tertiary/aromatic N) is 1. The normalized spacial score (nSPS) is 18.8. The molecular formula is C20H25N3O4S2. The molecule has 1 aromatic heterocycles. The number of thioether (sulfide) groups is 1. The zero-order valence-electron chi connectivity index (χ0n) is 16.1. The number of rotatable bonds is 6. The summed E-state index contributed by atoms with van der Waals surface area (Å²) in [6.45, 7) is 1.40. The molecule has 0 spiro atoms. The van der Waals surface area contributed by atoms with Gasteiger partial charge in [0, 0.05) is 35.1 Å². The highest BCUT2D eigenvalue weighted by Gasteiger charge is 2.28. The fraction of sp³-hybridized carbons (Fsp3) is 0.450. The van der Waals surface area contributed by atoms with Crippen molar-refractivity contribution >= 4 is 33.4 Å². The second-order valence-electron chi connectivity index (χ2n) is 7.27. The minimum Gasteiger partial charge on any atom is -0.379 e. The lowest BCUT2D eigenvalue weighted by molar-refractivity contribution is 0.0730. The van der Waals surface area contributed by atoms with Gasteiger partial charge in [-0.2, -0.15) is 4.31 Å². The fourth-order valence-corrected chi connectivity index (χ4v) is 6.25. The van der Waals surface area contributed by atoms with Crippen LogP contribution in [0.4, 0.5) is 5.69 Å². The number of sulfonamides is 1. The fourth-order valence-electron chi connectivity index (χ4n) is 3.60. The van der Waals surface area contributed by atoms with Gasteiger partial charge < -0.3 is 15.0 Å². The lowest BCUT2D eigenvalue weighted by atomic mass is 10.3. The van der Waals surface area contributed by atoms with Crippen molar-refractivity contribution < 1.29 is 17.9 Å². The standard InChI is InChI=1S/C20H25N3O4S2/c24-20(22-15-5-7-17(8-6-15)28-16-3-1-2-4-16)19-13-18(14-21-19)29(25,26)23-9-11-27-12-10-23/h5-8,13-14,16,21H,1-4,9-12H2,(H,22,24). The Morgan fingerprint density at radius 2 is 1.83 bits per heavy atom. The average Bonchev–Trinajstić information content (AvgIpc) is 3.42. The second-order valence-corrected chi connectivity index (χ2v) is 10.6. The van der Waals surface area contributed by atoms with Crippen LogP contribution in [0, 0.1) is 0 Å². The van der Waals surface area contributed by atoms with Crippen molar-refractivity contribution in [3.63, 3.8) is 0 Å². The Bertz CT molecular complexity index is 944. The number of ether oxygens (including phenoxy) is 1. The van der Waals surface area contributed by atoms with Crippen LogP contribution in [0.1, 0.15) is 36.2 Å². The van der Waals surface area contributed by atoms with E-state index in [9.17, 15) is 13.2 Å². The third kappa shape index (κ3) is 4.85. The highest BCUT2D eigenvalue weighted by atomic mass is 32.2. The first kappa shape index (κ1) is 20.5. The van der Waals surface area contributed by atoms with Crippen LogP contribution in [0.15, 0.2) is 46.3 Å². The molecule has 1 aliphatic heterocycles. The molecular weight excluding hydrogens is 410 g/mol. The SMILES string of the molecule is O=C(Nc1ccc(SC2CCCC2)cc1)c1cc(S(=O)(=O)N2CCOCC2)c[nH]1. The average molecular weight is 436 g/mol. The van der Waals surface area contributed by atoms with Gasteiger partial charge in [0.2, 0.25) is 10.0 Å². The van der Waals surface area contributed by atoms with E-state index in [0.717, 1.165) is 0 Å². The molecule has 0 bridgehead atoms. The van der Waals surface area contributed by atoms with Crippen LogP contribution in [0.2, 0.25) is 0 Å². The second kappa shape index (κ2) is 8.91. The number of hydrogen-bond acceptors (Lipinski definition) is 5. The molecule has 0 radical (unpaired) electrons. The van der Waals surface area contributed by atoms with E-state index in [1.54, 1.807) is 0 Å². The van der Waals surface area contributed by atoms with Gasteiger partial charge in [-0.15, -0.1) is 11.8 Å². The van der Waals surface area contributed by atoms with Gasteiger partial charge in [0.25, 0.3) is 5.91 Å². The van der Waals surface area contributed by atoms with Gasteiger partial charge in [0.15, 0.2) is 0 Å². The number of benzene rings is 1. The lowest BCUT2D eigenvalue weighted by Gasteiger charge is -2.25. The summed E-state index contributed by atoms with van der Waals surface area (Å²) in [6.07, 6.45) is 6.52. The Labute approximate surface area is 175 Å². The molecule has 2 aromatic rings. The largest absolute Gasteiger partial charge is 0.379 e. The Kier molecular flexibility index (Phi) is 6.29. The summed E-state index contributed by atoms with van der Waals surface area (Å²) in [7, 11) is -3.63. The summed E-state index contributed by atoms with van der Waals surface area (Å²) < 4.78 is 31.9. The maximum absolute atomic E-state index is 12.7. The Balaban J connectivity index is 1.38. The first-order chi connectivity index (χ1) is 14.0. The molecule has 2 fully saturated rings. The van der Waals surface area contributed by atoms with Crippen molar-refractivity contribution in [2.24, 2.45) is 0 Å². The monoisotopic (exact) mass is 435 g/mol. The number of aromatic nitrogens is 1. The number of amides is 1. The minimum atomic E-state index is -3.63. The van der Waals surface area contributed by atoms with Crippen LogP contribution in [-0.2, 0) is 14.8 Å². The van der Waals surface area contributed by atoms with Crippen LogP contribution in [0.5, 0.6) is 0 Å². The molecule has 2 heterocycles. The van der Waals surface area contributed by atoms with E-state index in [2.05, 4.69) is 10.3 Å². The highest BCUT2D eigenvalue weighted by Crippen LogP contribution is 2.35. The van der Waals surface area contributed by atoms with Crippen molar-refractivity contribution in [1.82, 2.24) is 9.29 Å². The predicted octanol–water partition coefficient (Wildman–Crippen LogP) is 3.32. The molecule has 7 nitrogen and oxygen atoms in total. The first-order valence-electron chi connectivity index (χ1n) is 9.87. The molecule has 1 aliphatic carbocycles. The quantitative estimate of drug-likeness (QED) is 0.726. The molecule has 156 valence electrons. The number of nitrogens with one attached hydrogen (secondary N) is 2. The number of hydrogen-bond donors (Lipinski definition) is 2. The first-order valence-corrected chi connectivity index (χ1v) is 12.2. The topological polar surface area (TPSA) is 91.5 Å². The van der Waals surface area contributed by atoms with Gasteiger partial charge in [-0.05, 0) is 43.2 Å². The van der Waals surface area contributed by atoms with Gasteiger partial charge >= 0.3 is 0 Å². The molecule has 0 atom stereocenters. The number of carbonyl (C=O) groups is 1. The molecule has 1 amide bonds. The van der Waals surface area contributed by atoms with Crippen molar-refractivity contribution in [2.45, 2.75) is 40.7 Å². The lowest BCUT2D eigenvalue weighted by Crippen LogP contribution is -2.40. The van der Waals surface area contributed by atoms with Crippen LogP contribution >= 0.6 is 11.8 Å². The third-order valence-corrected chi connectivity index (χ3v) is 8.45. The van der Waals surface area contributed by atoms with Crippen LogP contribution in [0.25, 0.3) is 0 Å². The van der Waals surface area contributed by atoms with Crippen LogP contribution in [-0.4, -0.2) is 55.2 Å². The van der Waals surface area contributed by atoms with Gasteiger partial charge in [0.05, 0.1) is 13.2 Å². The summed E-state index contributed by atoms with van der Waals surface area (Å²) in [5, 5.41) is 3.51. The molecule has 29 heavy (non-hydrogen) atoms. The Hall–Kier alpha value is -1.81. The predicted molar refractivity (Wildman–Crippen MR) is 113 cm³/mol. The van der Waals surface area contributed by atoms with Crippen molar-refractivity contribution in [2.75, 3.05) is 31.6 Å². The number of H-pyrrole nitrogens is 1. The van der Waals surface area contributed by atoms with E-state index >= 15 is 0 Å².